The van der Waals surface area contributed by atoms with Crippen LogP contribution in [0.4, 0.5) is 0 Å². The number of methoxy groups -OCH3 is 2. The summed E-state index contributed by atoms with van der Waals surface area (Å²) in [5.41, 5.74) is 0.714. The van der Waals surface area contributed by atoms with E-state index >= 15 is 0 Å². The molecule has 0 bridgehead atoms. The Kier molecular flexibility index (Phi) is 6.94. The van der Waals surface area contributed by atoms with Crippen LogP contribution >= 0.6 is 0 Å². The summed E-state index contributed by atoms with van der Waals surface area (Å²) in [6.45, 7) is 2.81. The number of rotatable bonds is 9. The van der Waals surface area contributed by atoms with Gasteiger partial charge in [-0.3, -0.25) is 0 Å². The third-order valence-corrected chi connectivity index (χ3v) is 3.51. The molecule has 0 spiro atoms. The Labute approximate surface area is 146 Å². The molecular weight excluding hydrogens is 324 g/mol. The summed E-state index contributed by atoms with van der Waals surface area (Å²) in [6, 6.07) is 5.32. The third-order valence-electron chi connectivity index (χ3n) is 3.51. The van der Waals surface area contributed by atoms with E-state index in [1.54, 1.807) is 43.2 Å². The van der Waals surface area contributed by atoms with E-state index in [4.69, 9.17) is 14.2 Å². The lowest BCUT2D eigenvalue weighted by Crippen LogP contribution is -2.09. The molecule has 0 unspecified atom stereocenters. The zero-order valence-corrected chi connectivity index (χ0v) is 14.6. The van der Waals surface area contributed by atoms with Crippen LogP contribution in [0, 0.1) is 0 Å². The molecule has 0 atom stereocenters. The number of hydrogen-bond donors (Lipinski definition) is 0. The molecule has 1 heterocycles. The highest BCUT2D eigenvalue weighted by molar-refractivity contribution is 5.87. The van der Waals surface area contributed by atoms with E-state index in [0.717, 1.165) is 12.8 Å². The summed E-state index contributed by atoms with van der Waals surface area (Å²) >= 11 is 0. The summed E-state index contributed by atoms with van der Waals surface area (Å²) in [5.74, 6) is 1.33. The van der Waals surface area contributed by atoms with E-state index in [0.29, 0.717) is 29.4 Å². The van der Waals surface area contributed by atoms with E-state index in [-0.39, 0.29) is 6.61 Å². The summed E-state index contributed by atoms with van der Waals surface area (Å²) < 4.78 is 17.3. The van der Waals surface area contributed by atoms with Gasteiger partial charge >= 0.3 is 5.97 Å². The fraction of sp³-hybridized carbons (Fsp3) is 0.412. The molecule has 2 aromatic rings. The first-order valence-electron chi connectivity index (χ1n) is 7.99. The quantitative estimate of drug-likeness (QED) is 0.508. The van der Waals surface area contributed by atoms with E-state index < -0.39 is 5.97 Å². The largest absolute Gasteiger partial charge is 0.497 e. The number of ether oxygens (including phenoxy) is 3. The van der Waals surface area contributed by atoms with Gasteiger partial charge in [-0.25, -0.2) is 9.48 Å². The fourth-order valence-electron chi connectivity index (χ4n) is 2.12. The normalized spacial score (nSPS) is 10.8. The molecule has 0 saturated carbocycles. The van der Waals surface area contributed by atoms with Crippen molar-refractivity contribution in [3.05, 3.63) is 35.7 Å². The minimum atomic E-state index is -0.491. The molecule has 2 rings (SSSR count). The maximum absolute atomic E-state index is 11.9. The summed E-state index contributed by atoms with van der Waals surface area (Å²) in [7, 11) is 3.14. The van der Waals surface area contributed by atoms with Gasteiger partial charge in [-0.15, -0.1) is 5.10 Å². The first-order chi connectivity index (χ1) is 12.2. The van der Waals surface area contributed by atoms with Crippen molar-refractivity contribution in [1.82, 2.24) is 20.2 Å². The van der Waals surface area contributed by atoms with Crippen molar-refractivity contribution in [3.8, 4) is 11.5 Å². The van der Waals surface area contributed by atoms with Crippen molar-refractivity contribution >= 4 is 12.0 Å². The molecule has 0 fully saturated rings. The van der Waals surface area contributed by atoms with Gasteiger partial charge in [-0.05, 0) is 41.1 Å². The number of nitrogens with zero attached hydrogens (tertiary/aromatic N) is 4. The molecule has 0 radical (unpaired) electrons. The summed E-state index contributed by atoms with van der Waals surface area (Å²) in [4.78, 5) is 11.9. The van der Waals surface area contributed by atoms with Crippen LogP contribution < -0.4 is 9.47 Å². The van der Waals surface area contributed by atoms with Crippen molar-refractivity contribution in [3.63, 3.8) is 0 Å². The predicted octanol–water partition coefficient (Wildman–Crippen LogP) is 2.25. The van der Waals surface area contributed by atoms with Crippen LogP contribution in [0.25, 0.3) is 6.08 Å². The lowest BCUT2D eigenvalue weighted by molar-refractivity contribution is -0.139. The van der Waals surface area contributed by atoms with Gasteiger partial charge in [-0.1, -0.05) is 13.3 Å². The molecule has 134 valence electrons. The first kappa shape index (κ1) is 18.4. The molecule has 1 aromatic heterocycles. The minimum absolute atomic E-state index is 0.0229. The second-order valence-electron chi connectivity index (χ2n) is 5.22. The molecule has 25 heavy (non-hydrogen) atoms. The van der Waals surface area contributed by atoms with Gasteiger partial charge < -0.3 is 14.2 Å². The van der Waals surface area contributed by atoms with E-state index in [1.165, 1.54) is 6.08 Å². The smallest absolute Gasteiger partial charge is 0.331 e. The van der Waals surface area contributed by atoms with Crippen molar-refractivity contribution in [2.75, 3.05) is 14.2 Å². The Morgan fingerprint density at radius 1 is 1.28 bits per heavy atom. The number of aromatic nitrogens is 4. The molecule has 8 heteroatoms. The SMILES string of the molecule is CCCCn1nnnc1COC(=O)/C=C/c1cc(OC)ccc1OC. The van der Waals surface area contributed by atoms with Crippen molar-refractivity contribution in [1.29, 1.82) is 0 Å². The van der Waals surface area contributed by atoms with Crippen molar-refractivity contribution in [2.45, 2.75) is 32.9 Å². The van der Waals surface area contributed by atoms with Crippen LogP contribution in [0.5, 0.6) is 11.5 Å². The van der Waals surface area contributed by atoms with Gasteiger partial charge in [0, 0.05) is 18.2 Å². The number of carbonyl (C=O) groups excluding carboxylic acids is 1. The number of carbonyl (C=O) groups is 1. The summed E-state index contributed by atoms with van der Waals surface area (Å²) in [5, 5.41) is 11.4. The second-order valence-corrected chi connectivity index (χ2v) is 5.22. The van der Waals surface area contributed by atoms with Gasteiger partial charge in [-0.2, -0.15) is 0 Å². The Balaban J connectivity index is 1.96. The highest BCUT2D eigenvalue weighted by atomic mass is 16.5. The molecule has 1 aromatic carbocycles. The van der Waals surface area contributed by atoms with Crippen LogP contribution in [0.2, 0.25) is 0 Å². The van der Waals surface area contributed by atoms with Gasteiger partial charge in [0.25, 0.3) is 0 Å². The van der Waals surface area contributed by atoms with E-state index in [1.807, 2.05) is 0 Å². The highest BCUT2D eigenvalue weighted by Crippen LogP contribution is 2.25. The molecule has 0 amide bonds. The highest BCUT2D eigenvalue weighted by Gasteiger charge is 2.08. The average Bonchev–Trinajstić information content (AvgIpc) is 3.09. The Bertz CT molecular complexity index is 727. The number of unbranched alkanes of at least 4 members (excludes halogenated alkanes) is 1. The van der Waals surface area contributed by atoms with Crippen LogP contribution in [-0.2, 0) is 22.7 Å². The maximum atomic E-state index is 11.9. The lowest BCUT2D eigenvalue weighted by atomic mass is 10.1. The Hall–Kier alpha value is -2.90. The molecule has 0 aliphatic rings. The standard InChI is InChI=1S/C17H22N4O4/c1-4-5-10-21-16(18-19-20-21)12-25-17(22)9-6-13-11-14(23-2)7-8-15(13)24-3/h6-9,11H,4-5,10,12H2,1-3H3/b9-6+. The van der Waals surface area contributed by atoms with Gasteiger partial charge in [0.15, 0.2) is 12.4 Å². The zero-order valence-electron chi connectivity index (χ0n) is 14.6. The molecule has 0 N–H and O–H groups in total. The van der Waals surface area contributed by atoms with Crippen LogP contribution in [0.1, 0.15) is 31.2 Å². The number of tetrazole rings is 1. The predicted molar refractivity (Wildman–Crippen MR) is 91.1 cm³/mol. The van der Waals surface area contributed by atoms with Gasteiger partial charge in [0.1, 0.15) is 11.5 Å². The Morgan fingerprint density at radius 2 is 2.12 bits per heavy atom. The molecule has 0 aliphatic carbocycles. The van der Waals surface area contributed by atoms with Crippen LogP contribution in [0.15, 0.2) is 24.3 Å². The van der Waals surface area contributed by atoms with Gasteiger partial charge in [0.2, 0.25) is 0 Å². The fourth-order valence-corrected chi connectivity index (χ4v) is 2.12. The first-order valence-corrected chi connectivity index (χ1v) is 7.99. The molecular formula is C17H22N4O4. The van der Waals surface area contributed by atoms with Crippen molar-refractivity contribution < 1.29 is 19.0 Å². The average molecular weight is 346 g/mol. The number of benzene rings is 1. The third kappa shape index (κ3) is 5.30. The summed E-state index contributed by atoms with van der Waals surface area (Å²) in [6.07, 6.45) is 4.94. The van der Waals surface area contributed by atoms with Crippen molar-refractivity contribution in [2.24, 2.45) is 0 Å². The molecule has 0 saturated heterocycles. The van der Waals surface area contributed by atoms with E-state index in [2.05, 4.69) is 22.4 Å². The zero-order chi connectivity index (χ0) is 18.1. The topological polar surface area (TPSA) is 88.4 Å². The number of aryl methyl sites for hydroxylation is 1. The van der Waals surface area contributed by atoms with Gasteiger partial charge in [0.05, 0.1) is 14.2 Å². The maximum Gasteiger partial charge on any atom is 0.331 e. The monoisotopic (exact) mass is 346 g/mol. The molecule has 8 nitrogen and oxygen atoms in total. The van der Waals surface area contributed by atoms with Crippen LogP contribution in [0.3, 0.4) is 0 Å². The van der Waals surface area contributed by atoms with E-state index in [9.17, 15) is 4.79 Å². The second kappa shape index (κ2) is 9.41. The Morgan fingerprint density at radius 3 is 2.84 bits per heavy atom. The minimum Gasteiger partial charge on any atom is -0.497 e. The molecule has 0 aliphatic heterocycles. The number of esters is 1. The number of hydrogen-bond acceptors (Lipinski definition) is 7. The van der Waals surface area contributed by atoms with Crippen LogP contribution in [-0.4, -0.2) is 40.4 Å². The lowest BCUT2D eigenvalue weighted by Gasteiger charge is -2.07.